The third kappa shape index (κ3) is 5.78. The lowest BCUT2D eigenvalue weighted by Crippen LogP contribution is -2.09. The molecule has 0 unspecified atom stereocenters. The molecule has 0 aliphatic rings. The lowest BCUT2D eigenvalue weighted by molar-refractivity contribution is 0.773. The van der Waals surface area contributed by atoms with Gasteiger partial charge in [-0.25, -0.2) is 0 Å². The summed E-state index contributed by atoms with van der Waals surface area (Å²) in [6.07, 6.45) is 1.72. The normalized spacial score (nSPS) is 12.7. The van der Waals surface area contributed by atoms with Crippen molar-refractivity contribution in [2.45, 2.75) is 78.1 Å². The van der Waals surface area contributed by atoms with Gasteiger partial charge in [-0.1, -0.05) is 102 Å². The van der Waals surface area contributed by atoms with E-state index in [2.05, 4.69) is 114 Å². The summed E-state index contributed by atoms with van der Waals surface area (Å²) in [7, 11) is 0. The molecule has 0 amide bonds. The molecule has 2 atom stereocenters. The Labute approximate surface area is 172 Å². The lowest BCUT2D eigenvalue weighted by Gasteiger charge is -2.21. The molecule has 0 spiro atoms. The van der Waals surface area contributed by atoms with Crippen LogP contribution in [0, 0.1) is 23.7 Å². The van der Waals surface area contributed by atoms with E-state index in [9.17, 15) is 0 Å². The summed E-state index contributed by atoms with van der Waals surface area (Å²) in [4.78, 5) is 0. The third-order valence-corrected chi connectivity index (χ3v) is 5.13. The third-order valence-electron chi connectivity index (χ3n) is 5.13. The summed E-state index contributed by atoms with van der Waals surface area (Å²) in [5.41, 5.74) is 5.24. The second kappa shape index (κ2) is 10.8. The summed E-state index contributed by atoms with van der Waals surface area (Å²) in [6, 6.07) is 17.9. The summed E-state index contributed by atoms with van der Waals surface area (Å²) >= 11 is 0. The van der Waals surface area contributed by atoms with E-state index in [-0.39, 0.29) is 11.8 Å². The van der Waals surface area contributed by atoms with Crippen molar-refractivity contribution in [1.82, 2.24) is 0 Å². The van der Waals surface area contributed by atoms with E-state index in [0.717, 1.165) is 12.8 Å². The van der Waals surface area contributed by atoms with Crippen molar-refractivity contribution < 1.29 is 0 Å². The van der Waals surface area contributed by atoms with Crippen LogP contribution in [0.4, 0.5) is 0 Å². The van der Waals surface area contributed by atoms with Gasteiger partial charge in [0.2, 0.25) is 0 Å². The van der Waals surface area contributed by atoms with Crippen molar-refractivity contribution >= 4 is 0 Å². The Kier molecular flexibility index (Phi) is 8.42. The van der Waals surface area contributed by atoms with Crippen LogP contribution in [-0.4, -0.2) is 0 Å². The second-order valence-corrected chi connectivity index (χ2v) is 7.95. The molecule has 28 heavy (non-hydrogen) atoms. The van der Waals surface area contributed by atoms with Crippen LogP contribution in [-0.2, 0) is 0 Å². The molecule has 0 aliphatic heterocycles. The minimum Gasteiger partial charge on any atom is -0.103 e. The van der Waals surface area contributed by atoms with E-state index in [1.54, 1.807) is 0 Å². The Morgan fingerprint density at radius 1 is 0.536 bits per heavy atom. The van der Waals surface area contributed by atoms with E-state index in [1.807, 2.05) is 0 Å². The molecule has 0 radical (unpaired) electrons. The molecule has 0 heterocycles. The van der Waals surface area contributed by atoms with Gasteiger partial charge in [-0.15, -0.1) is 11.8 Å². The highest BCUT2D eigenvalue weighted by Gasteiger charge is 2.22. The number of hydrogen-bond acceptors (Lipinski definition) is 0. The van der Waals surface area contributed by atoms with Gasteiger partial charge in [0.05, 0.1) is 11.8 Å². The maximum absolute atomic E-state index is 3.53. The maximum Gasteiger partial charge on any atom is 0.0630 e. The zero-order valence-corrected chi connectivity index (χ0v) is 18.3. The number of rotatable bonds is 5. The van der Waals surface area contributed by atoms with E-state index < -0.39 is 0 Å². The smallest absolute Gasteiger partial charge is 0.0630 e. The molecular weight excluding hydrogens is 336 g/mol. The van der Waals surface area contributed by atoms with Gasteiger partial charge in [0.25, 0.3) is 0 Å². The molecule has 0 aromatic heterocycles. The fourth-order valence-corrected chi connectivity index (χ4v) is 3.32. The molecule has 0 saturated carbocycles. The summed E-state index contributed by atoms with van der Waals surface area (Å²) in [5.74, 6) is 14.9. The highest BCUT2D eigenvalue weighted by molar-refractivity contribution is 5.42. The lowest BCUT2D eigenvalue weighted by atomic mass is 9.81. The summed E-state index contributed by atoms with van der Waals surface area (Å²) in [6.45, 7) is 13.1. The molecule has 0 bridgehead atoms. The Morgan fingerprint density at radius 2 is 0.821 bits per heavy atom. The van der Waals surface area contributed by atoms with Gasteiger partial charge in [-0.05, 0) is 34.1 Å². The SMILES string of the molecule is CCC#C[C@H](c1ccc(C(C)C)cc1)[C@@H](C#CCC)c1ccc(C(C)C)cc1. The molecule has 0 N–H and O–H groups in total. The largest absolute Gasteiger partial charge is 0.103 e. The highest BCUT2D eigenvalue weighted by Crippen LogP contribution is 2.34. The molecule has 2 aromatic rings. The quantitative estimate of drug-likeness (QED) is 0.475. The van der Waals surface area contributed by atoms with E-state index >= 15 is 0 Å². The van der Waals surface area contributed by atoms with Crippen molar-refractivity contribution in [3.63, 3.8) is 0 Å². The molecule has 0 saturated heterocycles. The predicted octanol–water partition coefficient (Wildman–Crippen LogP) is 7.63. The first-order chi connectivity index (χ1) is 13.5. The molecular formula is C28H34. The van der Waals surface area contributed by atoms with Crippen LogP contribution >= 0.6 is 0 Å². The first-order valence-corrected chi connectivity index (χ1v) is 10.6. The zero-order valence-electron chi connectivity index (χ0n) is 18.3. The fourth-order valence-electron chi connectivity index (χ4n) is 3.32. The number of benzene rings is 2. The van der Waals surface area contributed by atoms with Crippen LogP contribution in [0.2, 0.25) is 0 Å². The van der Waals surface area contributed by atoms with Crippen molar-refractivity contribution in [2.24, 2.45) is 0 Å². The molecule has 0 nitrogen and oxygen atoms in total. The second-order valence-electron chi connectivity index (χ2n) is 7.95. The minimum absolute atomic E-state index is 0.0881. The van der Waals surface area contributed by atoms with Crippen LogP contribution in [0.15, 0.2) is 48.5 Å². The van der Waals surface area contributed by atoms with Gasteiger partial charge >= 0.3 is 0 Å². The van der Waals surface area contributed by atoms with Crippen LogP contribution in [0.1, 0.15) is 100 Å². The topological polar surface area (TPSA) is 0 Å². The van der Waals surface area contributed by atoms with Crippen molar-refractivity contribution in [3.05, 3.63) is 70.8 Å². The first-order valence-electron chi connectivity index (χ1n) is 10.6. The van der Waals surface area contributed by atoms with Crippen LogP contribution in [0.5, 0.6) is 0 Å². The number of hydrogen-bond donors (Lipinski definition) is 0. The summed E-state index contributed by atoms with van der Waals surface area (Å²) in [5, 5.41) is 0. The first kappa shape index (κ1) is 21.9. The van der Waals surface area contributed by atoms with Gasteiger partial charge in [-0.3, -0.25) is 0 Å². The molecule has 0 fully saturated rings. The molecule has 0 heteroatoms. The fraction of sp³-hybridized carbons (Fsp3) is 0.429. The van der Waals surface area contributed by atoms with Crippen LogP contribution in [0.3, 0.4) is 0 Å². The monoisotopic (exact) mass is 370 g/mol. The van der Waals surface area contributed by atoms with E-state index in [4.69, 9.17) is 0 Å². The average Bonchev–Trinajstić information content (AvgIpc) is 2.70. The van der Waals surface area contributed by atoms with E-state index in [0.29, 0.717) is 11.8 Å². The average molecular weight is 371 g/mol. The highest BCUT2D eigenvalue weighted by atomic mass is 14.2. The van der Waals surface area contributed by atoms with Crippen LogP contribution in [0.25, 0.3) is 0 Å². The zero-order chi connectivity index (χ0) is 20.5. The molecule has 0 aliphatic carbocycles. The maximum atomic E-state index is 3.53. The van der Waals surface area contributed by atoms with E-state index in [1.165, 1.54) is 22.3 Å². The predicted molar refractivity (Wildman–Crippen MR) is 123 cm³/mol. The van der Waals surface area contributed by atoms with Crippen LogP contribution < -0.4 is 0 Å². The van der Waals surface area contributed by atoms with Gasteiger partial charge in [0.1, 0.15) is 0 Å². The molecule has 146 valence electrons. The van der Waals surface area contributed by atoms with Gasteiger partial charge in [0.15, 0.2) is 0 Å². The minimum atomic E-state index is 0.0881. The van der Waals surface area contributed by atoms with Gasteiger partial charge in [-0.2, -0.15) is 0 Å². The summed E-state index contributed by atoms with van der Waals surface area (Å²) < 4.78 is 0. The van der Waals surface area contributed by atoms with Crippen molar-refractivity contribution in [2.75, 3.05) is 0 Å². The van der Waals surface area contributed by atoms with Crippen molar-refractivity contribution in [1.29, 1.82) is 0 Å². The Bertz CT molecular complexity index is 767. The van der Waals surface area contributed by atoms with Gasteiger partial charge in [0, 0.05) is 12.8 Å². The molecule has 2 aromatic carbocycles. The van der Waals surface area contributed by atoms with Crippen molar-refractivity contribution in [3.8, 4) is 23.7 Å². The Balaban J connectivity index is 2.50. The molecule has 2 rings (SSSR count). The standard InChI is InChI=1S/C28H34/c1-7-9-11-27(25-17-13-23(14-18-25)21(3)4)28(12-10-8-2)26-19-15-24(16-20-26)22(5)6/h13-22,27-28H,7-8H2,1-6H3/t27-,28+. The Hall–Kier alpha value is -2.44. The Morgan fingerprint density at radius 3 is 1.07 bits per heavy atom. The van der Waals surface area contributed by atoms with Gasteiger partial charge < -0.3 is 0 Å².